The third-order valence-electron chi connectivity index (χ3n) is 2.65. The Balaban J connectivity index is 1.75. The fraction of sp³-hybridized carbons (Fsp3) is 0.286. The number of nitrogens with one attached hydrogen (secondary N) is 2. The predicted molar refractivity (Wildman–Crippen MR) is 81.8 cm³/mol. The maximum Gasteiger partial charge on any atom is 0.319 e. The minimum atomic E-state index is -0.301. The third kappa shape index (κ3) is 5.00. The Morgan fingerprint density at radius 3 is 3.00 bits per heavy atom. The summed E-state index contributed by atoms with van der Waals surface area (Å²) in [6, 6.07) is 6.84. The molecule has 0 bridgehead atoms. The summed E-state index contributed by atoms with van der Waals surface area (Å²) in [5, 5.41) is 9.99. The molecule has 0 spiro atoms. The van der Waals surface area contributed by atoms with Crippen molar-refractivity contribution in [2.45, 2.75) is 13.0 Å². The lowest BCUT2D eigenvalue weighted by atomic mass is 10.3. The molecule has 1 aromatic heterocycles. The maximum atomic E-state index is 11.7. The number of anilines is 1. The van der Waals surface area contributed by atoms with Crippen molar-refractivity contribution in [3.8, 4) is 5.75 Å². The molecule has 2 aromatic rings. The van der Waals surface area contributed by atoms with Crippen molar-refractivity contribution in [2.24, 2.45) is 7.05 Å². The second-order valence-corrected chi connectivity index (χ2v) is 5.06. The van der Waals surface area contributed by atoms with Crippen LogP contribution in [0.2, 0.25) is 5.02 Å². The van der Waals surface area contributed by atoms with Gasteiger partial charge in [-0.15, -0.1) is 0 Å². The maximum absolute atomic E-state index is 11.7. The van der Waals surface area contributed by atoms with Crippen LogP contribution in [0.4, 0.5) is 10.5 Å². The summed E-state index contributed by atoms with van der Waals surface area (Å²) in [4.78, 5) is 11.7. The number of rotatable bonds is 5. The minimum absolute atomic E-state index is 0.178. The standard InChI is InChI=1S/C14H17ClN4O2/c1-10(21-13-5-3-4-11(15)6-13)7-16-14(20)18-12-8-17-19(2)9-12/h3-6,8-10H,7H2,1-2H3,(H2,16,18,20)/t10-/m1/s1. The lowest BCUT2D eigenvalue weighted by molar-refractivity contribution is 0.212. The molecule has 0 radical (unpaired) electrons. The van der Waals surface area contributed by atoms with Gasteiger partial charge in [0, 0.05) is 18.3 Å². The molecular formula is C14H17ClN4O2. The molecule has 112 valence electrons. The van der Waals surface area contributed by atoms with Crippen LogP contribution in [0, 0.1) is 0 Å². The van der Waals surface area contributed by atoms with E-state index in [4.69, 9.17) is 16.3 Å². The van der Waals surface area contributed by atoms with Gasteiger partial charge >= 0.3 is 6.03 Å². The lowest BCUT2D eigenvalue weighted by Crippen LogP contribution is -2.36. The van der Waals surface area contributed by atoms with Gasteiger partial charge in [-0.3, -0.25) is 4.68 Å². The molecule has 1 aromatic carbocycles. The van der Waals surface area contributed by atoms with Crippen LogP contribution < -0.4 is 15.4 Å². The monoisotopic (exact) mass is 308 g/mol. The molecule has 2 N–H and O–H groups in total. The number of urea groups is 1. The Labute approximate surface area is 128 Å². The van der Waals surface area contributed by atoms with Crippen LogP contribution in [0.5, 0.6) is 5.75 Å². The lowest BCUT2D eigenvalue weighted by Gasteiger charge is -2.15. The molecule has 0 aliphatic heterocycles. The summed E-state index contributed by atoms with van der Waals surface area (Å²) < 4.78 is 7.27. The van der Waals surface area contributed by atoms with E-state index >= 15 is 0 Å². The Morgan fingerprint density at radius 1 is 1.52 bits per heavy atom. The van der Waals surface area contributed by atoms with E-state index in [0.29, 0.717) is 23.0 Å². The van der Waals surface area contributed by atoms with Crippen LogP contribution in [0.15, 0.2) is 36.7 Å². The Morgan fingerprint density at radius 2 is 2.33 bits per heavy atom. The van der Waals surface area contributed by atoms with Gasteiger partial charge in [0.25, 0.3) is 0 Å². The average Bonchev–Trinajstić information content (AvgIpc) is 2.82. The summed E-state index contributed by atoms with van der Waals surface area (Å²) in [6.45, 7) is 2.24. The second kappa shape index (κ2) is 6.99. The molecule has 2 rings (SSSR count). The van der Waals surface area contributed by atoms with Crippen LogP contribution in [-0.2, 0) is 7.05 Å². The number of hydrogen-bond donors (Lipinski definition) is 2. The number of hydrogen-bond acceptors (Lipinski definition) is 3. The highest BCUT2D eigenvalue weighted by Crippen LogP contribution is 2.18. The number of aromatic nitrogens is 2. The summed E-state index contributed by atoms with van der Waals surface area (Å²) in [5.74, 6) is 0.671. The molecule has 7 heteroatoms. The molecule has 0 saturated carbocycles. The van der Waals surface area contributed by atoms with Crippen molar-refractivity contribution in [3.05, 3.63) is 41.7 Å². The van der Waals surface area contributed by atoms with Crippen LogP contribution >= 0.6 is 11.6 Å². The number of nitrogens with zero attached hydrogens (tertiary/aromatic N) is 2. The van der Waals surface area contributed by atoms with E-state index in [1.165, 1.54) is 0 Å². The van der Waals surface area contributed by atoms with Crippen LogP contribution in [0.1, 0.15) is 6.92 Å². The third-order valence-corrected chi connectivity index (χ3v) is 2.88. The van der Waals surface area contributed by atoms with Gasteiger partial charge in [0.2, 0.25) is 0 Å². The van der Waals surface area contributed by atoms with Gasteiger partial charge in [-0.2, -0.15) is 5.10 Å². The number of aryl methyl sites for hydroxylation is 1. The zero-order chi connectivity index (χ0) is 15.2. The van der Waals surface area contributed by atoms with Gasteiger partial charge in [-0.25, -0.2) is 4.79 Å². The van der Waals surface area contributed by atoms with Crippen molar-refractivity contribution in [1.82, 2.24) is 15.1 Å². The highest BCUT2D eigenvalue weighted by atomic mass is 35.5. The normalized spacial score (nSPS) is 11.8. The first-order valence-corrected chi connectivity index (χ1v) is 6.86. The molecule has 0 saturated heterocycles. The molecule has 21 heavy (non-hydrogen) atoms. The van der Waals surface area contributed by atoms with E-state index in [0.717, 1.165) is 0 Å². The van der Waals surface area contributed by atoms with Crippen LogP contribution in [0.25, 0.3) is 0 Å². The van der Waals surface area contributed by atoms with E-state index in [9.17, 15) is 4.79 Å². The van der Waals surface area contributed by atoms with Gasteiger partial charge < -0.3 is 15.4 Å². The van der Waals surface area contributed by atoms with E-state index < -0.39 is 0 Å². The zero-order valence-corrected chi connectivity index (χ0v) is 12.6. The Bertz CT molecular complexity index is 615. The average molecular weight is 309 g/mol. The smallest absolute Gasteiger partial charge is 0.319 e. The number of benzene rings is 1. The zero-order valence-electron chi connectivity index (χ0n) is 11.8. The molecule has 1 atom stereocenters. The van der Waals surface area contributed by atoms with Crippen molar-refractivity contribution in [3.63, 3.8) is 0 Å². The van der Waals surface area contributed by atoms with E-state index in [-0.39, 0.29) is 12.1 Å². The van der Waals surface area contributed by atoms with Crippen LogP contribution in [-0.4, -0.2) is 28.5 Å². The fourth-order valence-corrected chi connectivity index (χ4v) is 1.89. The van der Waals surface area contributed by atoms with Crippen molar-refractivity contribution in [1.29, 1.82) is 0 Å². The minimum Gasteiger partial charge on any atom is -0.489 e. The molecule has 0 unspecified atom stereocenters. The molecule has 0 aliphatic carbocycles. The molecule has 6 nitrogen and oxygen atoms in total. The highest BCUT2D eigenvalue weighted by Gasteiger charge is 2.08. The van der Waals surface area contributed by atoms with Gasteiger partial charge in [0.05, 0.1) is 18.4 Å². The summed E-state index contributed by atoms with van der Waals surface area (Å²) in [5.41, 5.74) is 0.637. The van der Waals surface area contributed by atoms with E-state index in [1.807, 2.05) is 19.1 Å². The van der Waals surface area contributed by atoms with E-state index in [1.54, 1.807) is 36.3 Å². The van der Waals surface area contributed by atoms with Crippen molar-refractivity contribution in [2.75, 3.05) is 11.9 Å². The number of carbonyl (C=O) groups is 1. The highest BCUT2D eigenvalue weighted by molar-refractivity contribution is 6.30. The van der Waals surface area contributed by atoms with Crippen molar-refractivity contribution < 1.29 is 9.53 Å². The van der Waals surface area contributed by atoms with Gasteiger partial charge in [0.1, 0.15) is 11.9 Å². The first-order valence-electron chi connectivity index (χ1n) is 6.48. The molecule has 2 amide bonds. The fourth-order valence-electron chi connectivity index (χ4n) is 1.71. The molecule has 0 aliphatic rings. The first-order chi connectivity index (χ1) is 10.0. The number of amides is 2. The summed E-state index contributed by atoms with van der Waals surface area (Å²) in [7, 11) is 1.78. The largest absolute Gasteiger partial charge is 0.489 e. The van der Waals surface area contributed by atoms with Gasteiger partial charge in [0.15, 0.2) is 0 Å². The number of ether oxygens (including phenoxy) is 1. The molecule has 1 heterocycles. The Hall–Kier alpha value is -2.21. The second-order valence-electron chi connectivity index (χ2n) is 4.62. The number of halogens is 1. The SMILES string of the molecule is C[C@H](CNC(=O)Nc1cnn(C)c1)Oc1cccc(Cl)c1. The Kier molecular flexibility index (Phi) is 5.05. The first kappa shape index (κ1) is 15.2. The quantitative estimate of drug-likeness (QED) is 0.892. The topological polar surface area (TPSA) is 68.2 Å². The van der Waals surface area contributed by atoms with Crippen LogP contribution in [0.3, 0.4) is 0 Å². The molecule has 0 fully saturated rings. The van der Waals surface area contributed by atoms with Crippen molar-refractivity contribution >= 4 is 23.3 Å². The van der Waals surface area contributed by atoms with Gasteiger partial charge in [-0.1, -0.05) is 17.7 Å². The number of carbonyl (C=O) groups excluding carboxylic acids is 1. The predicted octanol–water partition coefficient (Wildman–Crippen LogP) is 2.66. The van der Waals surface area contributed by atoms with Gasteiger partial charge in [-0.05, 0) is 25.1 Å². The summed E-state index contributed by atoms with van der Waals surface area (Å²) in [6.07, 6.45) is 3.11. The molecular weight excluding hydrogens is 292 g/mol. The van der Waals surface area contributed by atoms with E-state index in [2.05, 4.69) is 15.7 Å². The summed E-state index contributed by atoms with van der Waals surface area (Å²) >= 11 is 5.88.